The molecule has 1 fully saturated rings. The Labute approximate surface area is 163 Å². The van der Waals surface area contributed by atoms with Crippen molar-refractivity contribution in [2.24, 2.45) is 0 Å². The van der Waals surface area contributed by atoms with E-state index in [4.69, 9.17) is 23.2 Å². The maximum atomic E-state index is 12.8. The van der Waals surface area contributed by atoms with Gasteiger partial charge in [0, 0.05) is 28.7 Å². The summed E-state index contributed by atoms with van der Waals surface area (Å²) in [5.74, 6) is -0.253. The van der Waals surface area contributed by atoms with Crippen molar-refractivity contribution in [2.45, 2.75) is 32.4 Å². The molecule has 1 aliphatic rings. The SMILES string of the molecule is Cc1cccc(C(=O)N2CCC[C@@H]2C(=O)NCc2cc(Cl)cc(Cl)c2)c1. The number of nitrogens with one attached hydrogen (secondary N) is 1. The monoisotopic (exact) mass is 390 g/mol. The molecule has 1 saturated heterocycles. The molecule has 1 N–H and O–H groups in total. The molecule has 136 valence electrons. The number of amides is 2. The van der Waals surface area contributed by atoms with Crippen molar-refractivity contribution in [3.8, 4) is 0 Å². The molecule has 3 rings (SSSR count). The second-order valence-electron chi connectivity index (χ2n) is 6.52. The fourth-order valence-corrected chi connectivity index (χ4v) is 3.82. The third kappa shape index (κ3) is 4.37. The number of hydrogen-bond acceptors (Lipinski definition) is 2. The number of rotatable bonds is 4. The maximum absolute atomic E-state index is 12.8. The zero-order valence-electron chi connectivity index (χ0n) is 14.5. The van der Waals surface area contributed by atoms with Crippen LogP contribution in [-0.4, -0.2) is 29.3 Å². The van der Waals surface area contributed by atoms with Gasteiger partial charge in [-0.15, -0.1) is 0 Å². The van der Waals surface area contributed by atoms with Gasteiger partial charge in [-0.25, -0.2) is 0 Å². The van der Waals surface area contributed by atoms with E-state index >= 15 is 0 Å². The molecule has 0 aromatic heterocycles. The Morgan fingerprint density at radius 3 is 2.58 bits per heavy atom. The fraction of sp³-hybridized carbons (Fsp3) is 0.300. The van der Waals surface area contributed by atoms with E-state index in [1.165, 1.54) is 0 Å². The molecular weight excluding hydrogens is 371 g/mol. The van der Waals surface area contributed by atoms with Crippen LogP contribution in [0.3, 0.4) is 0 Å². The van der Waals surface area contributed by atoms with E-state index in [-0.39, 0.29) is 11.8 Å². The van der Waals surface area contributed by atoms with Crippen molar-refractivity contribution < 1.29 is 9.59 Å². The molecule has 0 unspecified atom stereocenters. The van der Waals surface area contributed by atoms with Gasteiger partial charge >= 0.3 is 0 Å². The van der Waals surface area contributed by atoms with Crippen LogP contribution < -0.4 is 5.32 Å². The summed E-state index contributed by atoms with van der Waals surface area (Å²) in [6.07, 6.45) is 1.48. The largest absolute Gasteiger partial charge is 0.350 e. The molecule has 26 heavy (non-hydrogen) atoms. The number of carbonyl (C=O) groups is 2. The predicted octanol–water partition coefficient (Wildman–Crippen LogP) is 4.22. The molecule has 0 spiro atoms. The molecule has 0 radical (unpaired) electrons. The predicted molar refractivity (Wildman–Crippen MR) is 104 cm³/mol. The Bertz CT molecular complexity index is 818. The Morgan fingerprint density at radius 2 is 1.88 bits per heavy atom. The molecule has 1 atom stereocenters. The van der Waals surface area contributed by atoms with Crippen LogP contribution >= 0.6 is 23.2 Å². The zero-order valence-corrected chi connectivity index (χ0v) is 16.0. The highest BCUT2D eigenvalue weighted by Gasteiger charge is 2.34. The van der Waals surface area contributed by atoms with Crippen LogP contribution in [0, 0.1) is 6.92 Å². The maximum Gasteiger partial charge on any atom is 0.254 e. The van der Waals surface area contributed by atoms with Gasteiger partial charge in [-0.1, -0.05) is 40.9 Å². The van der Waals surface area contributed by atoms with Gasteiger partial charge in [-0.05, 0) is 55.7 Å². The highest BCUT2D eigenvalue weighted by Crippen LogP contribution is 2.22. The Balaban J connectivity index is 1.67. The first-order valence-electron chi connectivity index (χ1n) is 8.54. The normalized spacial score (nSPS) is 16.6. The van der Waals surface area contributed by atoms with E-state index in [0.29, 0.717) is 35.1 Å². The van der Waals surface area contributed by atoms with Gasteiger partial charge in [-0.3, -0.25) is 9.59 Å². The summed E-state index contributed by atoms with van der Waals surface area (Å²) in [6.45, 7) is 2.86. The fourth-order valence-electron chi connectivity index (χ4n) is 3.25. The molecule has 4 nitrogen and oxygen atoms in total. The van der Waals surface area contributed by atoms with E-state index < -0.39 is 6.04 Å². The molecule has 2 amide bonds. The van der Waals surface area contributed by atoms with Crippen molar-refractivity contribution in [3.05, 3.63) is 69.2 Å². The minimum atomic E-state index is -0.447. The summed E-state index contributed by atoms with van der Waals surface area (Å²) in [5.41, 5.74) is 2.46. The zero-order chi connectivity index (χ0) is 18.7. The van der Waals surface area contributed by atoms with Crippen molar-refractivity contribution in [3.63, 3.8) is 0 Å². The molecule has 2 aromatic carbocycles. The van der Waals surface area contributed by atoms with Crippen LogP contribution in [-0.2, 0) is 11.3 Å². The van der Waals surface area contributed by atoms with Crippen molar-refractivity contribution >= 4 is 35.0 Å². The van der Waals surface area contributed by atoms with E-state index in [9.17, 15) is 9.59 Å². The van der Waals surface area contributed by atoms with E-state index in [1.807, 2.05) is 25.1 Å². The Hall–Kier alpha value is -2.04. The third-order valence-corrected chi connectivity index (χ3v) is 4.91. The summed E-state index contributed by atoms with van der Waals surface area (Å²) < 4.78 is 0. The van der Waals surface area contributed by atoms with Crippen LogP contribution in [0.2, 0.25) is 10.0 Å². The van der Waals surface area contributed by atoms with Crippen LogP contribution in [0.25, 0.3) is 0 Å². The van der Waals surface area contributed by atoms with Crippen molar-refractivity contribution in [1.29, 1.82) is 0 Å². The van der Waals surface area contributed by atoms with Gasteiger partial charge in [0.05, 0.1) is 0 Å². The minimum absolute atomic E-state index is 0.0999. The molecular formula is C20H20Cl2N2O2. The molecule has 1 aliphatic heterocycles. The smallest absolute Gasteiger partial charge is 0.254 e. The van der Waals surface area contributed by atoms with Gasteiger partial charge in [0.2, 0.25) is 5.91 Å². The standard InChI is InChI=1S/C20H20Cl2N2O2/c1-13-4-2-5-15(8-13)20(26)24-7-3-6-18(24)19(25)23-12-14-9-16(21)11-17(22)10-14/h2,4-5,8-11,18H,3,6-7,12H2,1H3,(H,23,25)/t18-/m1/s1. The van der Waals surface area contributed by atoms with Crippen LogP contribution in [0.4, 0.5) is 0 Å². The summed E-state index contributed by atoms with van der Waals surface area (Å²) in [7, 11) is 0. The molecule has 0 aliphatic carbocycles. The van der Waals surface area contributed by atoms with Gasteiger partial charge in [0.25, 0.3) is 5.91 Å². The van der Waals surface area contributed by atoms with Gasteiger partial charge in [0.1, 0.15) is 6.04 Å². The Morgan fingerprint density at radius 1 is 1.15 bits per heavy atom. The summed E-state index contributed by atoms with van der Waals surface area (Å²) in [5, 5.41) is 3.95. The number of benzene rings is 2. The quantitative estimate of drug-likeness (QED) is 0.849. The lowest BCUT2D eigenvalue weighted by molar-refractivity contribution is -0.125. The number of nitrogens with zero attached hydrogens (tertiary/aromatic N) is 1. The highest BCUT2D eigenvalue weighted by atomic mass is 35.5. The van der Waals surface area contributed by atoms with Crippen molar-refractivity contribution in [2.75, 3.05) is 6.54 Å². The van der Waals surface area contributed by atoms with Gasteiger partial charge < -0.3 is 10.2 Å². The summed E-state index contributed by atoms with van der Waals surface area (Å²) in [6, 6.07) is 12.2. The van der Waals surface area contributed by atoms with E-state index in [2.05, 4.69) is 5.32 Å². The van der Waals surface area contributed by atoms with Crippen LogP contribution in [0.15, 0.2) is 42.5 Å². The number of hydrogen-bond donors (Lipinski definition) is 1. The van der Waals surface area contributed by atoms with E-state index in [0.717, 1.165) is 17.5 Å². The summed E-state index contributed by atoms with van der Waals surface area (Å²) >= 11 is 12.0. The molecule has 1 heterocycles. The number of halogens is 2. The van der Waals surface area contributed by atoms with Gasteiger partial charge in [0.15, 0.2) is 0 Å². The molecule has 2 aromatic rings. The lowest BCUT2D eigenvalue weighted by atomic mass is 10.1. The topological polar surface area (TPSA) is 49.4 Å². The van der Waals surface area contributed by atoms with Crippen molar-refractivity contribution in [1.82, 2.24) is 10.2 Å². The first-order valence-corrected chi connectivity index (χ1v) is 9.30. The highest BCUT2D eigenvalue weighted by molar-refractivity contribution is 6.34. The van der Waals surface area contributed by atoms with Gasteiger partial charge in [-0.2, -0.15) is 0 Å². The van der Waals surface area contributed by atoms with E-state index in [1.54, 1.807) is 29.2 Å². The second-order valence-corrected chi connectivity index (χ2v) is 7.39. The average Bonchev–Trinajstić information content (AvgIpc) is 3.08. The average molecular weight is 391 g/mol. The molecule has 0 bridgehead atoms. The molecule has 0 saturated carbocycles. The third-order valence-electron chi connectivity index (χ3n) is 4.47. The first kappa shape index (κ1) is 18.7. The molecule has 6 heteroatoms. The first-order chi connectivity index (χ1) is 12.4. The Kier molecular flexibility index (Phi) is 5.84. The number of aryl methyl sites for hydroxylation is 1. The number of likely N-dealkylation sites (tertiary alicyclic amines) is 1. The lowest BCUT2D eigenvalue weighted by Gasteiger charge is -2.24. The minimum Gasteiger partial charge on any atom is -0.350 e. The lowest BCUT2D eigenvalue weighted by Crippen LogP contribution is -2.45. The van der Waals surface area contributed by atoms with Crippen LogP contribution in [0.1, 0.15) is 34.3 Å². The second kappa shape index (κ2) is 8.11. The summed E-state index contributed by atoms with van der Waals surface area (Å²) in [4.78, 5) is 27.1. The number of carbonyl (C=O) groups excluding carboxylic acids is 2. The van der Waals surface area contributed by atoms with Crippen LogP contribution in [0.5, 0.6) is 0 Å².